The van der Waals surface area contributed by atoms with E-state index in [1.807, 2.05) is 0 Å². The fraction of sp³-hybridized carbons (Fsp3) is 0.200. The van der Waals surface area contributed by atoms with Crippen LogP contribution in [0.25, 0.3) is 11.2 Å². The van der Waals surface area contributed by atoms with E-state index in [1.54, 1.807) is 0 Å². The Morgan fingerprint density at radius 1 is 1.35 bits per heavy atom. The summed E-state index contributed by atoms with van der Waals surface area (Å²) in [6.45, 7) is 0.0115. The summed E-state index contributed by atoms with van der Waals surface area (Å²) in [5.74, 6) is -0.126. The lowest BCUT2D eigenvalue weighted by Gasteiger charge is -2.05. The van der Waals surface area contributed by atoms with Crippen molar-refractivity contribution >= 4 is 28.6 Å². The lowest BCUT2D eigenvalue weighted by atomic mass is 10.3. The van der Waals surface area contributed by atoms with Gasteiger partial charge >= 0.3 is 0 Å². The van der Waals surface area contributed by atoms with Crippen LogP contribution in [0.15, 0.2) is 17.1 Å². The van der Waals surface area contributed by atoms with E-state index in [4.69, 9.17) is 11.6 Å². The van der Waals surface area contributed by atoms with E-state index in [2.05, 4.69) is 34.7 Å². The lowest BCUT2D eigenvalue weighted by molar-refractivity contribution is 0.120. The Labute approximate surface area is 115 Å². The molecule has 3 aromatic heterocycles. The van der Waals surface area contributed by atoms with Gasteiger partial charge < -0.3 is 14.7 Å². The van der Waals surface area contributed by atoms with Crippen molar-refractivity contribution in [2.24, 2.45) is 0 Å². The van der Waals surface area contributed by atoms with Gasteiger partial charge in [-0.15, -0.1) is 0 Å². The number of nitrogens with one attached hydrogen (secondary N) is 2. The maximum absolute atomic E-state index is 12.6. The molecule has 0 spiro atoms. The molecule has 0 aliphatic rings. The number of halogens is 3. The molecule has 3 aromatic rings. The predicted octanol–water partition coefficient (Wildman–Crippen LogP) is 2.54. The van der Waals surface area contributed by atoms with Crippen LogP contribution in [-0.2, 0) is 6.54 Å². The molecule has 3 rings (SSSR count). The first-order valence-corrected chi connectivity index (χ1v) is 5.84. The van der Waals surface area contributed by atoms with Gasteiger partial charge in [-0.2, -0.15) is 9.97 Å². The summed E-state index contributed by atoms with van der Waals surface area (Å²) in [6.07, 6.45) is -0.325. The first kappa shape index (κ1) is 12.7. The second-order valence-corrected chi connectivity index (χ2v) is 4.10. The van der Waals surface area contributed by atoms with E-state index >= 15 is 0 Å². The fourth-order valence-electron chi connectivity index (χ4n) is 1.69. The number of hydrogen-bond donors (Lipinski definition) is 2. The molecule has 104 valence electrons. The Kier molecular flexibility index (Phi) is 3.18. The van der Waals surface area contributed by atoms with E-state index in [1.165, 1.54) is 6.33 Å². The molecular formula is C10H7ClF2N6O. The number of fused-ring (bicyclic) bond motifs is 1. The average molecular weight is 301 g/mol. The van der Waals surface area contributed by atoms with Crippen molar-refractivity contribution in [2.75, 3.05) is 5.32 Å². The number of aromatic amines is 1. The number of imidazole rings is 1. The highest BCUT2D eigenvalue weighted by atomic mass is 35.5. The molecule has 0 aromatic carbocycles. The van der Waals surface area contributed by atoms with E-state index in [0.717, 1.165) is 6.39 Å². The molecule has 0 aliphatic heterocycles. The van der Waals surface area contributed by atoms with E-state index in [-0.39, 0.29) is 17.5 Å². The minimum Gasteiger partial charge on any atom is -0.442 e. The second-order valence-electron chi connectivity index (χ2n) is 3.76. The maximum atomic E-state index is 12.6. The molecule has 0 saturated carbocycles. The van der Waals surface area contributed by atoms with Gasteiger partial charge in [0, 0.05) is 0 Å². The first-order chi connectivity index (χ1) is 9.65. The van der Waals surface area contributed by atoms with Gasteiger partial charge in [0.1, 0.15) is 11.2 Å². The summed E-state index contributed by atoms with van der Waals surface area (Å²) in [5, 5.41) is 2.85. The third-order valence-electron chi connectivity index (χ3n) is 2.55. The number of hydrogen-bond acceptors (Lipinski definition) is 6. The van der Waals surface area contributed by atoms with Gasteiger partial charge in [-0.1, -0.05) is 0 Å². The second kappa shape index (κ2) is 5.00. The van der Waals surface area contributed by atoms with Crippen molar-refractivity contribution in [2.45, 2.75) is 13.0 Å². The third-order valence-corrected chi connectivity index (χ3v) is 2.72. The molecule has 3 heterocycles. The minimum absolute atomic E-state index is 0.00124. The Bertz CT molecular complexity index is 742. The number of alkyl halides is 2. The van der Waals surface area contributed by atoms with E-state index in [0.29, 0.717) is 17.0 Å². The monoisotopic (exact) mass is 300 g/mol. The van der Waals surface area contributed by atoms with Crippen molar-refractivity contribution in [1.82, 2.24) is 24.9 Å². The van der Waals surface area contributed by atoms with Gasteiger partial charge in [-0.3, -0.25) is 0 Å². The van der Waals surface area contributed by atoms with Crippen LogP contribution in [0.3, 0.4) is 0 Å². The van der Waals surface area contributed by atoms with Crippen molar-refractivity contribution in [3.63, 3.8) is 0 Å². The van der Waals surface area contributed by atoms with Crippen LogP contribution in [0.5, 0.6) is 0 Å². The molecule has 7 nitrogen and oxygen atoms in total. The number of aromatic nitrogens is 5. The average Bonchev–Trinajstić information content (AvgIpc) is 3.03. The molecule has 0 radical (unpaired) electrons. The molecule has 0 aliphatic carbocycles. The standard InChI is InChI=1S/C10H7ClF2N6O/c11-10-18-8(5-9(19-10)16-2-15-5)14-1-4-6(7(12)13)20-3-17-4/h2-3,7H,1H2,(H2,14,15,16,18,19). The zero-order valence-electron chi connectivity index (χ0n) is 9.77. The summed E-state index contributed by atoms with van der Waals surface area (Å²) in [4.78, 5) is 18.4. The van der Waals surface area contributed by atoms with Crippen molar-refractivity contribution in [1.29, 1.82) is 0 Å². The molecular weight excluding hydrogens is 294 g/mol. The topological polar surface area (TPSA) is 92.5 Å². The summed E-state index contributed by atoms with van der Waals surface area (Å²) < 4.78 is 29.9. The SMILES string of the molecule is FC(F)c1ocnc1CNc1nc(Cl)nc2nc[nH]c12. The number of nitrogens with zero attached hydrogens (tertiary/aromatic N) is 4. The van der Waals surface area contributed by atoms with Crippen LogP contribution in [0.2, 0.25) is 5.28 Å². The molecule has 0 fully saturated rings. The summed E-state index contributed by atoms with van der Waals surface area (Å²) in [5.41, 5.74) is 1.00. The molecule has 0 unspecified atom stereocenters. The van der Waals surface area contributed by atoms with Gasteiger partial charge in [0.15, 0.2) is 23.6 Å². The highest BCUT2D eigenvalue weighted by Crippen LogP contribution is 2.24. The third kappa shape index (κ3) is 2.27. The van der Waals surface area contributed by atoms with Crippen LogP contribution in [0.4, 0.5) is 14.6 Å². The van der Waals surface area contributed by atoms with Crippen LogP contribution in [-0.4, -0.2) is 24.9 Å². The molecule has 0 saturated heterocycles. The Hall–Kier alpha value is -2.29. The number of oxazole rings is 1. The van der Waals surface area contributed by atoms with E-state index in [9.17, 15) is 8.78 Å². The molecule has 0 amide bonds. The first-order valence-electron chi connectivity index (χ1n) is 5.46. The van der Waals surface area contributed by atoms with Crippen LogP contribution < -0.4 is 5.32 Å². The highest BCUT2D eigenvalue weighted by molar-refractivity contribution is 6.28. The smallest absolute Gasteiger partial charge is 0.297 e. The molecule has 0 bridgehead atoms. The predicted molar refractivity (Wildman–Crippen MR) is 65.5 cm³/mol. The Morgan fingerprint density at radius 2 is 2.20 bits per heavy atom. The van der Waals surface area contributed by atoms with Crippen molar-refractivity contribution in [3.8, 4) is 0 Å². The van der Waals surface area contributed by atoms with Crippen LogP contribution >= 0.6 is 11.6 Å². The van der Waals surface area contributed by atoms with Crippen LogP contribution in [0, 0.1) is 0 Å². The normalized spacial score (nSPS) is 11.4. The van der Waals surface area contributed by atoms with Crippen molar-refractivity contribution < 1.29 is 13.2 Å². The molecule has 10 heteroatoms. The van der Waals surface area contributed by atoms with Gasteiger partial charge in [0.05, 0.1) is 12.9 Å². The zero-order valence-corrected chi connectivity index (χ0v) is 10.5. The number of rotatable bonds is 4. The molecule has 20 heavy (non-hydrogen) atoms. The number of anilines is 1. The maximum Gasteiger partial charge on any atom is 0.297 e. The minimum atomic E-state index is -2.73. The molecule has 0 atom stereocenters. The van der Waals surface area contributed by atoms with Crippen LogP contribution in [0.1, 0.15) is 17.9 Å². The van der Waals surface area contributed by atoms with Gasteiger partial charge in [-0.05, 0) is 11.6 Å². The Morgan fingerprint density at radius 3 is 3.00 bits per heavy atom. The number of H-pyrrole nitrogens is 1. The van der Waals surface area contributed by atoms with Gasteiger partial charge in [0.25, 0.3) is 6.43 Å². The summed E-state index contributed by atoms with van der Waals surface area (Å²) in [7, 11) is 0. The Balaban J connectivity index is 1.86. The van der Waals surface area contributed by atoms with Gasteiger partial charge in [-0.25, -0.2) is 18.7 Å². The summed E-state index contributed by atoms with van der Waals surface area (Å²) >= 11 is 5.75. The fourth-order valence-corrected chi connectivity index (χ4v) is 1.86. The van der Waals surface area contributed by atoms with E-state index < -0.39 is 12.2 Å². The van der Waals surface area contributed by atoms with Gasteiger partial charge in [0.2, 0.25) is 5.28 Å². The van der Waals surface area contributed by atoms with Crippen molar-refractivity contribution in [3.05, 3.63) is 29.5 Å². The zero-order chi connectivity index (χ0) is 14.1. The quantitative estimate of drug-likeness (QED) is 0.719. The summed E-state index contributed by atoms with van der Waals surface area (Å²) in [6, 6.07) is 0. The largest absolute Gasteiger partial charge is 0.442 e. The lowest BCUT2D eigenvalue weighted by Crippen LogP contribution is -2.05. The molecule has 2 N–H and O–H groups in total. The highest BCUT2D eigenvalue weighted by Gasteiger charge is 2.18.